The minimum atomic E-state index is -0.647. The summed E-state index contributed by atoms with van der Waals surface area (Å²) in [6.45, 7) is 1.92. The second-order valence-corrected chi connectivity index (χ2v) is 7.43. The van der Waals surface area contributed by atoms with Gasteiger partial charge < -0.3 is 4.42 Å². The van der Waals surface area contributed by atoms with E-state index in [2.05, 4.69) is 4.98 Å². The quantitative estimate of drug-likeness (QED) is 0.478. The maximum Gasteiger partial charge on any atom is 0.296 e. The minimum Gasteiger partial charge on any atom is -0.450 e. The summed E-state index contributed by atoms with van der Waals surface area (Å²) in [7, 11) is 0. The molecule has 0 saturated carbocycles. The van der Waals surface area contributed by atoms with Crippen LogP contribution in [-0.2, 0) is 0 Å². The summed E-state index contributed by atoms with van der Waals surface area (Å²) in [5.74, 6) is 0.116. The molecule has 0 saturated heterocycles. The number of carbonyl (C=O) groups is 1. The Morgan fingerprint density at radius 1 is 1.00 bits per heavy atom. The fourth-order valence-electron chi connectivity index (χ4n) is 3.72. The van der Waals surface area contributed by atoms with E-state index in [9.17, 15) is 9.59 Å². The molecule has 6 heteroatoms. The van der Waals surface area contributed by atoms with Gasteiger partial charge >= 0.3 is 0 Å². The van der Waals surface area contributed by atoms with Crippen molar-refractivity contribution in [3.8, 4) is 0 Å². The second-order valence-electron chi connectivity index (χ2n) is 6.99. The maximum atomic E-state index is 13.4. The lowest BCUT2D eigenvalue weighted by Gasteiger charge is -2.24. The molecule has 2 aromatic carbocycles. The van der Waals surface area contributed by atoms with Gasteiger partial charge in [0, 0.05) is 11.2 Å². The number of fused-ring (bicyclic) bond motifs is 2. The van der Waals surface area contributed by atoms with Crippen LogP contribution in [0.1, 0.15) is 33.3 Å². The van der Waals surface area contributed by atoms with Gasteiger partial charge in [-0.05, 0) is 48.4 Å². The van der Waals surface area contributed by atoms with Crippen LogP contribution >= 0.6 is 11.6 Å². The summed E-state index contributed by atoms with van der Waals surface area (Å²) in [6.07, 6.45) is 1.69. The molecule has 0 fully saturated rings. The third kappa shape index (κ3) is 2.74. The summed E-state index contributed by atoms with van der Waals surface area (Å²) >= 11 is 6.05. The maximum absolute atomic E-state index is 13.4. The molecule has 29 heavy (non-hydrogen) atoms. The molecule has 142 valence electrons. The summed E-state index contributed by atoms with van der Waals surface area (Å²) in [5, 5.41) is 1.01. The van der Waals surface area contributed by atoms with E-state index in [-0.39, 0.29) is 17.1 Å². The number of nitrogens with zero attached hydrogens (tertiary/aromatic N) is 2. The fraction of sp³-hybridized carbons (Fsp3) is 0.0870. The molecule has 0 N–H and O–H groups in total. The van der Waals surface area contributed by atoms with Gasteiger partial charge in [-0.25, -0.2) is 4.98 Å². The summed E-state index contributed by atoms with van der Waals surface area (Å²) in [6, 6.07) is 17.0. The molecule has 1 aliphatic rings. The number of carbonyl (C=O) groups excluding carboxylic acids is 1. The number of aryl methyl sites for hydroxylation is 1. The summed E-state index contributed by atoms with van der Waals surface area (Å²) in [4.78, 5) is 32.7. The van der Waals surface area contributed by atoms with E-state index in [1.54, 1.807) is 48.7 Å². The summed E-state index contributed by atoms with van der Waals surface area (Å²) < 4.78 is 5.90. The number of hydrogen-bond donors (Lipinski definition) is 0. The number of amides is 1. The SMILES string of the molecule is Cc1ccc(N2C(=O)c3oc4ccccc4c(=O)c3[C@@H]2c2ccc(Cl)cc2)nc1. The lowest BCUT2D eigenvalue weighted by atomic mass is 9.98. The lowest BCUT2D eigenvalue weighted by Crippen LogP contribution is -2.30. The van der Waals surface area contributed by atoms with Crippen LogP contribution in [0.5, 0.6) is 0 Å². The van der Waals surface area contributed by atoms with Crippen molar-refractivity contribution in [3.63, 3.8) is 0 Å². The highest BCUT2D eigenvalue weighted by Crippen LogP contribution is 2.40. The van der Waals surface area contributed by atoms with Gasteiger partial charge in [0.15, 0.2) is 5.43 Å². The first-order valence-corrected chi connectivity index (χ1v) is 9.50. The second kappa shape index (κ2) is 6.57. The van der Waals surface area contributed by atoms with Gasteiger partial charge in [-0.2, -0.15) is 0 Å². The molecule has 0 spiro atoms. The first kappa shape index (κ1) is 17.6. The third-order valence-corrected chi connectivity index (χ3v) is 5.36. The zero-order valence-electron chi connectivity index (χ0n) is 15.4. The molecule has 5 nitrogen and oxygen atoms in total. The third-order valence-electron chi connectivity index (χ3n) is 5.11. The molecular weight excluding hydrogens is 388 g/mol. The van der Waals surface area contributed by atoms with Gasteiger partial charge in [-0.3, -0.25) is 14.5 Å². The Labute approximate surface area is 171 Å². The van der Waals surface area contributed by atoms with E-state index in [4.69, 9.17) is 16.0 Å². The van der Waals surface area contributed by atoms with E-state index < -0.39 is 6.04 Å². The van der Waals surface area contributed by atoms with Crippen LogP contribution in [0.15, 0.2) is 76.1 Å². The van der Waals surface area contributed by atoms with Gasteiger partial charge in [-0.1, -0.05) is 41.9 Å². The molecule has 1 aliphatic heterocycles. The number of pyridine rings is 1. The number of hydrogen-bond acceptors (Lipinski definition) is 4. The van der Waals surface area contributed by atoms with Gasteiger partial charge in [0.25, 0.3) is 5.91 Å². The standard InChI is InChI=1S/C23H15ClN2O3/c1-13-6-11-18(25-12-13)26-20(14-7-9-15(24)10-8-14)19-21(27)16-4-2-3-5-17(16)29-22(19)23(26)28/h2-12,20H,1H3/t20-/m0/s1. The fourth-order valence-corrected chi connectivity index (χ4v) is 3.84. The molecule has 5 rings (SSSR count). The Morgan fingerprint density at radius 2 is 1.76 bits per heavy atom. The smallest absolute Gasteiger partial charge is 0.296 e. The Morgan fingerprint density at radius 3 is 2.48 bits per heavy atom. The molecule has 0 radical (unpaired) electrons. The predicted molar refractivity (Wildman–Crippen MR) is 112 cm³/mol. The summed E-state index contributed by atoms with van der Waals surface area (Å²) in [5.41, 5.74) is 2.22. The average molecular weight is 403 g/mol. The van der Waals surface area contributed by atoms with E-state index >= 15 is 0 Å². The van der Waals surface area contributed by atoms with Crippen LogP contribution < -0.4 is 10.3 Å². The molecule has 1 amide bonds. The highest BCUT2D eigenvalue weighted by molar-refractivity contribution is 6.30. The molecule has 4 aromatic rings. The molecule has 1 atom stereocenters. The monoisotopic (exact) mass is 402 g/mol. The number of para-hydroxylation sites is 1. The van der Waals surface area contributed by atoms with Crippen LogP contribution in [0.3, 0.4) is 0 Å². The highest BCUT2D eigenvalue weighted by atomic mass is 35.5. The number of anilines is 1. The van der Waals surface area contributed by atoms with Crippen molar-refractivity contribution in [1.29, 1.82) is 0 Å². The first-order valence-electron chi connectivity index (χ1n) is 9.12. The van der Waals surface area contributed by atoms with Crippen molar-refractivity contribution in [3.05, 3.63) is 105 Å². The Balaban J connectivity index is 1.81. The van der Waals surface area contributed by atoms with Gasteiger partial charge in [0.2, 0.25) is 5.76 Å². The topological polar surface area (TPSA) is 63.4 Å². The lowest BCUT2D eigenvalue weighted by molar-refractivity contribution is 0.0970. The predicted octanol–water partition coefficient (Wildman–Crippen LogP) is 4.90. The van der Waals surface area contributed by atoms with Gasteiger partial charge in [0.1, 0.15) is 11.4 Å². The Bertz CT molecular complexity index is 1310. The normalized spacial score (nSPS) is 15.7. The zero-order valence-corrected chi connectivity index (χ0v) is 16.2. The van der Waals surface area contributed by atoms with E-state index in [1.165, 1.54) is 4.90 Å². The first-order chi connectivity index (χ1) is 14.0. The van der Waals surface area contributed by atoms with Gasteiger partial charge in [0.05, 0.1) is 17.0 Å². The molecule has 3 heterocycles. The molecule has 0 aliphatic carbocycles. The number of rotatable bonds is 2. The van der Waals surface area contributed by atoms with E-state index in [1.807, 2.05) is 25.1 Å². The van der Waals surface area contributed by atoms with Crippen LogP contribution in [0.4, 0.5) is 5.82 Å². The molecular formula is C23H15ClN2O3. The van der Waals surface area contributed by atoms with Crippen molar-refractivity contribution in [2.75, 3.05) is 4.90 Å². The molecule has 0 unspecified atom stereocenters. The molecule has 0 bridgehead atoms. The highest BCUT2D eigenvalue weighted by Gasteiger charge is 2.44. The van der Waals surface area contributed by atoms with Crippen LogP contribution in [0.25, 0.3) is 11.0 Å². The van der Waals surface area contributed by atoms with Crippen LogP contribution in [-0.4, -0.2) is 10.9 Å². The zero-order chi connectivity index (χ0) is 20.1. The Hall–Kier alpha value is -3.44. The number of aromatic nitrogens is 1. The van der Waals surface area contributed by atoms with Crippen LogP contribution in [0, 0.1) is 6.92 Å². The van der Waals surface area contributed by atoms with Crippen molar-refractivity contribution in [2.24, 2.45) is 0 Å². The van der Waals surface area contributed by atoms with Crippen LogP contribution in [0.2, 0.25) is 5.02 Å². The van der Waals surface area contributed by atoms with E-state index in [0.29, 0.717) is 27.4 Å². The van der Waals surface area contributed by atoms with Crippen molar-refractivity contribution in [1.82, 2.24) is 4.98 Å². The minimum absolute atomic E-state index is 0.0519. The number of halogens is 1. The molecule has 2 aromatic heterocycles. The van der Waals surface area contributed by atoms with E-state index in [0.717, 1.165) is 11.1 Å². The van der Waals surface area contributed by atoms with Crippen molar-refractivity contribution < 1.29 is 9.21 Å². The van der Waals surface area contributed by atoms with Crippen molar-refractivity contribution in [2.45, 2.75) is 13.0 Å². The Kier molecular flexibility index (Phi) is 4.00. The largest absolute Gasteiger partial charge is 0.450 e. The van der Waals surface area contributed by atoms with Crippen molar-refractivity contribution >= 4 is 34.3 Å². The van der Waals surface area contributed by atoms with Gasteiger partial charge in [-0.15, -0.1) is 0 Å². The number of benzene rings is 2. The average Bonchev–Trinajstić information content (AvgIpc) is 3.02.